The zero-order valence-corrected chi connectivity index (χ0v) is 9.97. The van der Waals surface area contributed by atoms with Crippen LogP contribution in [0.25, 0.3) is 0 Å². The monoisotopic (exact) mass is 242 g/mol. The fourth-order valence-electron chi connectivity index (χ4n) is 1.42. The van der Waals surface area contributed by atoms with Gasteiger partial charge in [0.2, 0.25) is 0 Å². The van der Waals surface area contributed by atoms with Crippen LogP contribution in [-0.2, 0) is 7.05 Å². The third-order valence-corrected chi connectivity index (χ3v) is 2.73. The first kappa shape index (κ1) is 13.5. The normalized spacial score (nSPS) is 11.5. The topological polar surface area (TPSA) is 113 Å². The highest BCUT2D eigenvalue weighted by Gasteiger charge is 2.30. The lowest BCUT2D eigenvalue weighted by Gasteiger charge is -2.29. The molecule has 1 aromatic heterocycles. The first-order valence-corrected chi connectivity index (χ1v) is 5.31. The molecule has 0 aliphatic rings. The molecule has 0 spiro atoms. The Balaban J connectivity index is 2.88. The van der Waals surface area contributed by atoms with E-state index >= 15 is 0 Å². The predicted octanol–water partition coefficient (Wildman–Crippen LogP) is -1.13. The maximum atomic E-state index is 11.9. The van der Waals surface area contributed by atoms with Gasteiger partial charge >= 0.3 is 0 Å². The van der Waals surface area contributed by atoms with Crippen LogP contribution in [0, 0.1) is 0 Å². The molecule has 0 aliphatic heterocycles. The molecule has 7 nitrogen and oxygen atoms in total. The lowest BCUT2D eigenvalue weighted by Crippen LogP contribution is -2.54. The molecule has 1 rings (SSSR count). The molecular weight excluding hydrogens is 224 g/mol. The van der Waals surface area contributed by atoms with Gasteiger partial charge in [-0.2, -0.15) is 5.10 Å². The molecular formula is C10H18N4O3. The molecule has 0 bridgehead atoms. The molecule has 0 saturated heterocycles. The SMILES string of the molecule is CCC(CO)(CO)NC(=O)c1nn(C)cc1N. The maximum absolute atomic E-state index is 11.9. The molecule has 1 amide bonds. The van der Waals surface area contributed by atoms with Crippen molar-refractivity contribution in [2.45, 2.75) is 18.9 Å². The van der Waals surface area contributed by atoms with Gasteiger partial charge in [-0.1, -0.05) is 6.92 Å². The number of nitrogen functional groups attached to an aromatic ring is 1. The number of aromatic nitrogens is 2. The smallest absolute Gasteiger partial charge is 0.274 e. The van der Waals surface area contributed by atoms with Crippen molar-refractivity contribution < 1.29 is 15.0 Å². The van der Waals surface area contributed by atoms with Gasteiger partial charge in [-0.25, -0.2) is 0 Å². The zero-order chi connectivity index (χ0) is 13.1. The third-order valence-electron chi connectivity index (χ3n) is 2.73. The van der Waals surface area contributed by atoms with Crippen LogP contribution < -0.4 is 11.1 Å². The van der Waals surface area contributed by atoms with Crippen molar-refractivity contribution in [2.24, 2.45) is 7.05 Å². The first-order valence-electron chi connectivity index (χ1n) is 5.31. The Kier molecular flexibility index (Phi) is 4.08. The van der Waals surface area contributed by atoms with E-state index in [-0.39, 0.29) is 24.6 Å². The minimum Gasteiger partial charge on any atom is -0.396 e. The van der Waals surface area contributed by atoms with E-state index in [4.69, 9.17) is 5.73 Å². The largest absolute Gasteiger partial charge is 0.396 e. The van der Waals surface area contributed by atoms with Gasteiger partial charge in [0.15, 0.2) is 5.69 Å². The van der Waals surface area contributed by atoms with Crippen molar-refractivity contribution in [3.8, 4) is 0 Å². The highest BCUT2D eigenvalue weighted by Crippen LogP contribution is 2.13. The van der Waals surface area contributed by atoms with E-state index in [0.717, 1.165) is 0 Å². The standard InChI is InChI=1S/C10H18N4O3/c1-3-10(5-15,6-16)12-9(17)8-7(11)4-14(2)13-8/h4,15-16H,3,5-6,11H2,1-2H3,(H,12,17). The van der Waals surface area contributed by atoms with E-state index in [0.29, 0.717) is 6.42 Å². The first-order chi connectivity index (χ1) is 7.98. The number of rotatable bonds is 5. The highest BCUT2D eigenvalue weighted by molar-refractivity contribution is 5.97. The summed E-state index contributed by atoms with van der Waals surface area (Å²) in [5.74, 6) is -0.506. The van der Waals surface area contributed by atoms with Crippen LogP contribution in [0.15, 0.2) is 6.20 Å². The summed E-state index contributed by atoms with van der Waals surface area (Å²) in [5, 5.41) is 24.9. The molecule has 1 aromatic rings. The maximum Gasteiger partial charge on any atom is 0.274 e. The van der Waals surface area contributed by atoms with E-state index in [1.54, 1.807) is 14.0 Å². The second kappa shape index (κ2) is 5.15. The quantitative estimate of drug-likeness (QED) is 0.521. The molecule has 5 N–H and O–H groups in total. The summed E-state index contributed by atoms with van der Waals surface area (Å²) >= 11 is 0. The molecule has 0 atom stereocenters. The Labute approximate surface area is 99.2 Å². The molecule has 0 fully saturated rings. The van der Waals surface area contributed by atoms with Crippen LogP contribution in [0.5, 0.6) is 0 Å². The van der Waals surface area contributed by atoms with Crippen LogP contribution in [0.3, 0.4) is 0 Å². The number of nitrogens with one attached hydrogen (secondary N) is 1. The van der Waals surface area contributed by atoms with Gasteiger partial charge in [0.05, 0.1) is 24.4 Å². The van der Waals surface area contributed by atoms with Gasteiger partial charge in [-0.3, -0.25) is 9.48 Å². The summed E-state index contributed by atoms with van der Waals surface area (Å²) in [6, 6.07) is 0. The second-order valence-corrected chi connectivity index (χ2v) is 4.01. The van der Waals surface area contributed by atoms with Gasteiger partial charge in [0.25, 0.3) is 5.91 Å². The average Bonchev–Trinajstić information content (AvgIpc) is 2.65. The van der Waals surface area contributed by atoms with Gasteiger partial charge < -0.3 is 21.3 Å². The number of aliphatic hydroxyl groups excluding tert-OH is 2. The third kappa shape index (κ3) is 2.75. The summed E-state index contributed by atoms with van der Waals surface area (Å²) < 4.78 is 1.43. The van der Waals surface area contributed by atoms with Crippen molar-refractivity contribution in [1.82, 2.24) is 15.1 Å². The number of hydrogen-bond acceptors (Lipinski definition) is 5. The van der Waals surface area contributed by atoms with E-state index in [1.807, 2.05) is 0 Å². The summed E-state index contributed by atoms with van der Waals surface area (Å²) in [6.07, 6.45) is 1.92. The number of hydrogen-bond donors (Lipinski definition) is 4. The fourth-order valence-corrected chi connectivity index (χ4v) is 1.42. The van der Waals surface area contributed by atoms with Crippen molar-refractivity contribution in [3.63, 3.8) is 0 Å². The average molecular weight is 242 g/mol. The molecule has 17 heavy (non-hydrogen) atoms. The lowest BCUT2D eigenvalue weighted by molar-refractivity contribution is 0.0649. The Hall–Kier alpha value is -1.60. The van der Waals surface area contributed by atoms with Gasteiger partial charge in [0.1, 0.15) is 0 Å². The Morgan fingerprint density at radius 3 is 2.53 bits per heavy atom. The molecule has 0 unspecified atom stereocenters. The number of carbonyl (C=O) groups excluding carboxylic acids is 1. The number of aliphatic hydroxyl groups is 2. The fraction of sp³-hybridized carbons (Fsp3) is 0.600. The lowest BCUT2D eigenvalue weighted by atomic mass is 9.98. The predicted molar refractivity (Wildman–Crippen MR) is 62.3 cm³/mol. The van der Waals surface area contributed by atoms with Gasteiger partial charge in [-0.15, -0.1) is 0 Å². The summed E-state index contributed by atoms with van der Waals surface area (Å²) in [7, 11) is 1.65. The summed E-state index contributed by atoms with van der Waals surface area (Å²) in [4.78, 5) is 11.9. The van der Waals surface area contributed by atoms with E-state index in [9.17, 15) is 15.0 Å². The molecule has 0 aliphatic carbocycles. The number of carbonyl (C=O) groups is 1. The highest BCUT2D eigenvalue weighted by atomic mass is 16.3. The summed E-state index contributed by atoms with van der Waals surface area (Å²) in [6.45, 7) is 1.06. The van der Waals surface area contributed by atoms with Crippen molar-refractivity contribution >= 4 is 11.6 Å². The molecule has 0 radical (unpaired) electrons. The van der Waals surface area contributed by atoms with Crippen molar-refractivity contribution in [3.05, 3.63) is 11.9 Å². The number of anilines is 1. The molecule has 96 valence electrons. The van der Waals surface area contributed by atoms with Gasteiger partial charge in [0, 0.05) is 13.2 Å². The molecule has 7 heteroatoms. The van der Waals surface area contributed by atoms with Crippen LogP contribution in [0.4, 0.5) is 5.69 Å². The number of amides is 1. The van der Waals surface area contributed by atoms with Crippen LogP contribution in [0.1, 0.15) is 23.8 Å². The number of nitrogens with zero attached hydrogens (tertiary/aromatic N) is 2. The Morgan fingerprint density at radius 1 is 1.59 bits per heavy atom. The van der Waals surface area contributed by atoms with E-state index < -0.39 is 11.4 Å². The van der Waals surface area contributed by atoms with E-state index in [1.165, 1.54) is 10.9 Å². The van der Waals surface area contributed by atoms with Crippen LogP contribution >= 0.6 is 0 Å². The Morgan fingerprint density at radius 2 is 2.18 bits per heavy atom. The molecule has 0 aromatic carbocycles. The van der Waals surface area contributed by atoms with Crippen molar-refractivity contribution in [1.29, 1.82) is 0 Å². The van der Waals surface area contributed by atoms with E-state index in [2.05, 4.69) is 10.4 Å². The van der Waals surface area contributed by atoms with Crippen molar-refractivity contribution in [2.75, 3.05) is 18.9 Å². The molecule has 0 saturated carbocycles. The number of aryl methyl sites for hydroxylation is 1. The minimum atomic E-state index is -1.04. The van der Waals surface area contributed by atoms with Gasteiger partial charge in [-0.05, 0) is 6.42 Å². The molecule has 1 heterocycles. The Bertz CT molecular complexity index is 390. The summed E-state index contributed by atoms with van der Waals surface area (Å²) in [5.41, 5.74) is 4.92. The minimum absolute atomic E-state index is 0.0900. The zero-order valence-electron chi connectivity index (χ0n) is 9.97. The van der Waals surface area contributed by atoms with Crippen LogP contribution in [-0.4, -0.2) is 44.7 Å². The second-order valence-electron chi connectivity index (χ2n) is 4.01. The van der Waals surface area contributed by atoms with Crippen LogP contribution in [0.2, 0.25) is 0 Å². The number of nitrogens with two attached hydrogens (primary N) is 1.